The van der Waals surface area contributed by atoms with Crippen molar-refractivity contribution in [2.45, 2.75) is 32.9 Å². The van der Waals surface area contributed by atoms with Gasteiger partial charge in [-0.1, -0.05) is 54.0 Å². The highest BCUT2D eigenvalue weighted by Crippen LogP contribution is 2.29. The molecule has 0 aliphatic rings. The van der Waals surface area contributed by atoms with Gasteiger partial charge in [0.1, 0.15) is 12.4 Å². The predicted octanol–water partition coefficient (Wildman–Crippen LogP) is 4.91. The van der Waals surface area contributed by atoms with Gasteiger partial charge in [-0.3, -0.25) is 8.75 Å². The molecule has 3 aromatic rings. The molecule has 3 nitrogen and oxygen atoms in total. The summed E-state index contributed by atoms with van der Waals surface area (Å²) in [7, 11) is 0. The Balaban J connectivity index is 1.82. The number of hydrogen-bond donors (Lipinski definition) is 0. The molecule has 0 aliphatic heterocycles. The van der Waals surface area contributed by atoms with E-state index in [9.17, 15) is 4.79 Å². The zero-order valence-corrected chi connectivity index (χ0v) is 15.0. The van der Waals surface area contributed by atoms with Crippen LogP contribution in [-0.2, 0) is 12.1 Å². The van der Waals surface area contributed by atoms with Gasteiger partial charge < -0.3 is 4.74 Å². The standard InChI is InChI=1S/C20H21NO2S/c1-20(2,3)21-19(22)13-18(24-21)16-10-7-11-17(12-16)23-14-15-8-5-4-6-9-15/h4-13H,14H2,1-3H3. The molecule has 0 aliphatic carbocycles. The summed E-state index contributed by atoms with van der Waals surface area (Å²) in [6.45, 7) is 6.64. The van der Waals surface area contributed by atoms with Crippen LogP contribution < -0.4 is 10.3 Å². The van der Waals surface area contributed by atoms with Gasteiger partial charge >= 0.3 is 0 Å². The molecule has 0 N–H and O–H groups in total. The smallest absolute Gasteiger partial charge is 0.261 e. The minimum absolute atomic E-state index is 0.0399. The summed E-state index contributed by atoms with van der Waals surface area (Å²) < 4.78 is 7.68. The van der Waals surface area contributed by atoms with E-state index in [1.165, 1.54) is 11.5 Å². The van der Waals surface area contributed by atoms with Crippen LogP contribution in [0.5, 0.6) is 5.75 Å². The van der Waals surface area contributed by atoms with Gasteiger partial charge in [-0.2, -0.15) is 0 Å². The van der Waals surface area contributed by atoms with Gasteiger partial charge in [0, 0.05) is 6.07 Å². The van der Waals surface area contributed by atoms with Crippen LogP contribution in [0.25, 0.3) is 10.4 Å². The van der Waals surface area contributed by atoms with Crippen LogP contribution in [0.1, 0.15) is 26.3 Å². The second-order valence-corrected chi connectivity index (χ2v) is 7.69. The third-order valence-electron chi connectivity index (χ3n) is 3.62. The molecular formula is C20H21NO2S. The van der Waals surface area contributed by atoms with Crippen LogP contribution in [0.3, 0.4) is 0 Å². The van der Waals surface area contributed by atoms with Gasteiger partial charge in [0.25, 0.3) is 5.56 Å². The Bertz CT molecular complexity index is 872. The SMILES string of the molecule is CC(C)(C)n1sc(-c2cccc(OCc3ccccc3)c2)cc1=O. The molecule has 0 saturated heterocycles. The van der Waals surface area contributed by atoms with Crippen LogP contribution in [0.15, 0.2) is 65.5 Å². The predicted molar refractivity (Wildman–Crippen MR) is 99.8 cm³/mol. The lowest BCUT2D eigenvalue weighted by atomic mass is 10.1. The average molecular weight is 339 g/mol. The van der Waals surface area contributed by atoms with E-state index in [1.807, 2.05) is 75.4 Å². The first kappa shape index (κ1) is 16.5. The summed E-state index contributed by atoms with van der Waals surface area (Å²) in [6, 6.07) is 19.7. The maximum atomic E-state index is 12.2. The summed E-state index contributed by atoms with van der Waals surface area (Å²) >= 11 is 1.49. The molecule has 4 heteroatoms. The van der Waals surface area contributed by atoms with Crippen molar-refractivity contribution in [3.05, 3.63) is 76.6 Å². The maximum absolute atomic E-state index is 12.2. The summed E-state index contributed by atoms with van der Waals surface area (Å²) in [5.74, 6) is 0.805. The monoisotopic (exact) mass is 339 g/mol. The first-order valence-electron chi connectivity index (χ1n) is 7.94. The van der Waals surface area contributed by atoms with E-state index in [0.29, 0.717) is 6.61 Å². The molecule has 0 atom stereocenters. The Morgan fingerprint density at radius 3 is 2.42 bits per heavy atom. The summed E-state index contributed by atoms with van der Waals surface area (Å²) in [5, 5.41) is 0. The Hall–Kier alpha value is -2.33. The van der Waals surface area contributed by atoms with Crippen molar-refractivity contribution in [1.82, 2.24) is 3.96 Å². The summed E-state index contributed by atoms with van der Waals surface area (Å²) in [6.07, 6.45) is 0. The second kappa shape index (κ2) is 6.65. The van der Waals surface area contributed by atoms with Crippen molar-refractivity contribution in [3.8, 4) is 16.2 Å². The number of rotatable bonds is 4. The van der Waals surface area contributed by atoms with Gasteiger partial charge in [-0.25, -0.2) is 0 Å². The highest BCUT2D eigenvalue weighted by atomic mass is 32.1. The topological polar surface area (TPSA) is 31.2 Å². The molecule has 1 aromatic heterocycles. The van der Waals surface area contributed by atoms with E-state index in [-0.39, 0.29) is 11.1 Å². The van der Waals surface area contributed by atoms with Crippen LogP contribution in [0, 0.1) is 0 Å². The molecule has 0 fully saturated rings. The van der Waals surface area contributed by atoms with E-state index in [2.05, 4.69) is 0 Å². The van der Waals surface area contributed by atoms with Crippen molar-refractivity contribution in [2.75, 3.05) is 0 Å². The molecule has 0 unspecified atom stereocenters. The van der Waals surface area contributed by atoms with Gasteiger partial charge in [-0.05, 0) is 44.0 Å². The van der Waals surface area contributed by atoms with Crippen LogP contribution >= 0.6 is 11.5 Å². The normalized spacial score (nSPS) is 11.5. The zero-order valence-electron chi connectivity index (χ0n) is 14.2. The van der Waals surface area contributed by atoms with Crippen LogP contribution in [0.4, 0.5) is 0 Å². The number of hydrogen-bond acceptors (Lipinski definition) is 3. The minimum Gasteiger partial charge on any atom is -0.489 e. The lowest BCUT2D eigenvalue weighted by Gasteiger charge is -2.18. The van der Waals surface area contributed by atoms with Crippen LogP contribution in [-0.4, -0.2) is 3.96 Å². The number of nitrogens with zero attached hydrogens (tertiary/aromatic N) is 1. The molecule has 124 valence electrons. The lowest BCUT2D eigenvalue weighted by molar-refractivity contribution is 0.306. The van der Waals surface area contributed by atoms with Crippen molar-refractivity contribution >= 4 is 11.5 Å². The van der Waals surface area contributed by atoms with Gasteiger partial charge in [0.15, 0.2) is 0 Å². The van der Waals surface area contributed by atoms with Gasteiger partial charge in [-0.15, -0.1) is 0 Å². The summed E-state index contributed by atoms with van der Waals surface area (Å²) in [5.41, 5.74) is 1.97. The van der Waals surface area contributed by atoms with E-state index >= 15 is 0 Å². The summed E-state index contributed by atoms with van der Waals surface area (Å²) in [4.78, 5) is 13.2. The van der Waals surface area contributed by atoms with E-state index in [4.69, 9.17) is 4.74 Å². The fourth-order valence-electron chi connectivity index (χ4n) is 2.42. The second-order valence-electron chi connectivity index (χ2n) is 6.71. The Labute approximate surface area is 146 Å². The number of ether oxygens (including phenoxy) is 1. The molecule has 0 saturated carbocycles. The number of aromatic nitrogens is 1. The maximum Gasteiger partial charge on any atom is 0.261 e. The first-order chi connectivity index (χ1) is 11.4. The van der Waals surface area contributed by atoms with Gasteiger partial charge in [0.05, 0.1) is 10.4 Å². The van der Waals surface area contributed by atoms with Crippen molar-refractivity contribution < 1.29 is 4.74 Å². The van der Waals surface area contributed by atoms with Crippen molar-refractivity contribution in [3.63, 3.8) is 0 Å². The zero-order chi connectivity index (χ0) is 17.2. The largest absolute Gasteiger partial charge is 0.489 e. The third-order valence-corrected chi connectivity index (χ3v) is 5.08. The Morgan fingerprint density at radius 2 is 1.75 bits per heavy atom. The molecule has 0 spiro atoms. The molecule has 0 amide bonds. The van der Waals surface area contributed by atoms with Crippen LogP contribution in [0.2, 0.25) is 0 Å². The third kappa shape index (κ3) is 3.77. The molecule has 3 rings (SSSR count). The first-order valence-corrected chi connectivity index (χ1v) is 8.72. The molecular weight excluding hydrogens is 318 g/mol. The molecule has 2 aromatic carbocycles. The Morgan fingerprint density at radius 1 is 1.00 bits per heavy atom. The lowest BCUT2D eigenvalue weighted by Crippen LogP contribution is -2.28. The van der Waals surface area contributed by atoms with Crippen molar-refractivity contribution in [1.29, 1.82) is 0 Å². The average Bonchev–Trinajstić information content (AvgIpc) is 2.96. The fourth-order valence-corrected chi connectivity index (χ4v) is 3.42. The molecule has 24 heavy (non-hydrogen) atoms. The van der Waals surface area contributed by atoms with E-state index in [1.54, 1.807) is 10.0 Å². The highest BCUT2D eigenvalue weighted by Gasteiger charge is 2.18. The number of benzene rings is 2. The molecule has 1 heterocycles. The quantitative estimate of drug-likeness (QED) is 0.676. The highest BCUT2D eigenvalue weighted by molar-refractivity contribution is 7.10. The van der Waals surface area contributed by atoms with E-state index in [0.717, 1.165) is 21.8 Å². The molecule has 0 radical (unpaired) electrons. The van der Waals surface area contributed by atoms with E-state index < -0.39 is 0 Å². The van der Waals surface area contributed by atoms with Crippen molar-refractivity contribution in [2.24, 2.45) is 0 Å². The Kier molecular flexibility index (Phi) is 4.58. The minimum atomic E-state index is -0.207. The van der Waals surface area contributed by atoms with Gasteiger partial charge in [0.2, 0.25) is 0 Å². The molecule has 0 bridgehead atoms. The fraction of sp³-hybridized carbons (Fsp3) is 0.250.